The molecule has 1 aromatic heterocycles. The van der Waals surface area contributed by atoms with Gasteiger partial charge in [0.1, 0.15) is 5.82 Å². The van der Waals surface area contributed by atoms with Crippen LogP contribution in [0.1, 0.15) is 21.5 Å². The van der Waals surface area contributed by atoms with E-state index in [4.69, 9.17) is 0 Å². The third kappa shape index (κ3) is 2.16. The van der Waals surface area contributed by atoms with Gasteiger partial charge >= 0.3 is 0 Å². The van der Waals surface area contributed by atoms with Crippen LogP contribution in [-0.2, 0) is 0 Å². The molecule has 0 aliphatic carbocycles. The molecule has 0 amide bonds. The lowest BCUT2D eigenvalue weighted by molar-refractivity contribution is 0.103. The standard InChI is InChI=1S/C16H11FN2O/c1-10-2-4-13(17)12(8-10)16(20)11-3-5-14-15(9-11)19-7-6-18-14/h2-9H,1H3. The van der Waals surface area contributed by atoms with E-state index in [1.165, 1.54) is 6.07 Å². The summed E-state index contributed by atoms with van der Waals surface area (Å²) >= 11 is 0. The van der Waals surface area contributed by atoms with Crippen LogP contribution >= 0.6 is 0 Å². The van der Waals surface area contributed by atoms with Crippen molar-refractivity contribution >= 4 is 16.8 Å². The van der Waals surface area contributed by atoms with Crippen LogP contribution in [0.15, 0.2) is 48.8 Å². The Kier molecular flexibility index (Phi) is 2.99. The molecule has 20 heavy (non-hydrogen) atoms. The van der Waals surface area contributed by atoms with Crippen LogP contribution in [0.3, 0.4) is 0 Å². The molecule has 2 aromatic carbocycles. The Morgan fingerprint density at radius 2 is 1.75 bits per heavy atom. The minimum Gasteiger partial charge on any atom is -0.288 e. The number of halogens is 1. The first kappa shape index (κ1) is 12.4. The van der Waals surface area contributed by atoms with Crippen LogP contribution in [0, 0.1) is 12.7 Å². The van der Waals surface area contributed by atoms with Crippen LogP contribution in [0.25, 0.3) is 11.0 Å². The van der Waals surface area contributed by atoms with Crippen LogP contribution in [0.2, 0.25) is 0 Å². The van der Waals surface area contributed by atoms with Crippen LogP contribution in [-0.4, -0.2) is 15.8 Å². The van der Waals surface area contributed by atoms with Crippen molar-refractivity contribution in [1.29, 1.82) is 0 Å². The summed E-state index contributed by atoms with van der Waals surface area (Å²) in [4.78, 5) is 20.7. The molecule has 3 aromatic rings. The van der Waals surface area contributed by atoms with Crippen LogP contribution in [0.4, 0.5) is 4.39 Å². The quantitative estimate of drug-likeness (QED) is 0.668. The number of rotatable bonds is 2. The first-order chi connectivity index (χ1) is 9.65. The zero-order chi connectivity index (χ0) is 14.1. The van der Waals surface area contributed by atoms with Crippen molar-refractivity contribution in [2.24, 2.45) is 0 Å². The number of carbonyl (C=O) groups is 1. The highest BCUT2D eigenvalue weighted by molar-refractivity contribution is 6.10. The summed E-state index contributed by atoms with van der Waals surface area (Å²) in [5.41, 5.74) is 2.64. The maximum atomic E-state index is 13.8. The lowest BCUT2D eigenvalue weighted by atomic mass is 10.0. The van der Waals surface area contributed by atoms with Crippen LogP contribution < -0.4 is 0 Å². The highest BCUT2D eigenvalue weighted by Gasteiger charge is 2.14. The second-order valence-electron chi connectivity index (χ2n) is 4.57. The SMILES string of the molecule is Cc1ccc(F)c(C(=O)c2ccc3nccnc3c2)c1. The third-order valence-corrected chi connectivity index (χ3v) is 3.10. The monoisotopic (exact) mass is 266 g/mol. The van der Waals surface area contributed by atoms with Crippen LogP contribution in [0.5, 0.6) is 0 Å². The second kappa shape index (κ2) is 4.81. The van der Waals surface area contributed by atoms with Crippen molar-refractivity contribution in [3.63, 3.8) is 0 Å². The highest BCUT2D eigenvalue weighted by atomic mass is 19.1. The third-order valence-electron chi connectivity index (χ3n) is 3.10. The van der Waals surface area contributed by atoms with Crippen molar-refractivity contribution in [2.45, 2.75) is 6.92 Å². The molecule has 0 fully saturated rings. The van der Waals surface area contributed by atoms with Crippen molar-refractivity contribution in [3.05, 3.63) is 71.3 Å². The molecule has 0 spiro atoms. The van der Waals surface area contributed by atoms with E-state index in [-0.39, 0.29) is 11.3 Å². The molecular formula is C16H11FN2O. The maximum absolute atomic E-state index is 13.8. The minimum absolute atomic E-state index is 0.0771. The van der Waals surface area contributed by atoms with E-state index in [0.717, 1.165) is 5.56 Å². The average Bonchev–Trinajstić information content (AvgIpc) is 2.48. The Morgan fingerprint density at radius 1 is 1.00 bits per heavy atom. The van der Waals surface area contributed by atoms with Gasteiger partial charge in [-0.2, -0.15) is 0 Å². The fourth-order valence-electron chi connectivity index (χ4n) is 2.07. The average molecular weight is 266 g/mol. The Balaban J connectivity index is 2.10. The molecule has 0 N–H and O–H groups in total. The Bertz CT molecular complexity index is 814. The Labute approximate surface area is 115 Å². The lowest BCUT2D eigenvalue weighted by Crippen LogP contribution is -2.05. The summed E-state index contributed by atoms with van der Waals surface area (Å²) in [7, 11) is 0. The highest BCUT2D eigenvalue weighted by Crippen LogP contribution is 2.18. The van der Waals surface area contributed by atoms with Gasteiger partial charge < -0.3 is 0 Å². The molecule has 0 unspecified atom stereocenters. The van der Waals surface area contributed by atoms with Gasteiger partial charge in [0.15, 0.2) is 5.78 Å². The van der Waals surface area contributed by atoms with Crippen molar-refractivity contribution in [1.82, 2.24) is 9.97 Å². The molecule has 0 radical (unpaired) electrons. The summed E-state index contributed by atoms with van der Waals surface area (Å²) in [5, 5.41) is 0. The Morgan fingerprint density at radius 3 is 2.55 bits per heavy atom. The molecule has 1 heterocycles. The number of benzene rings is 2. The molecule has 0 bridgehead atoms. The fraction of sp³-hybridized carbons (Fsp3) is 0.0625. The predicted molar refractivity (Wildman–Crippen MR) is 74.1 cm³/mol. The van der Waals surface area contributed by atoms with Crippen molar-refractivity contribution < 1.29 is 9.18 Å². The van der Waals surface area contributed by atoms with Gasteiger partial charge in [0, 0.05) is 18.0 Å². The van der Waals surface area contributed by atoms with Gasteiger partial charge in [0.2, 0.25) is 0 Å². The predicted octanol–water partition coefficient (Wildman–Crippen LogP) is 3.31. The molecule has 0 aliphatic rings. The molecule has 0 saturated heterocycles. The number of ketones is 1. The number of aromatic nitrogens is 2. The van der Waals surface area contributed by atoms with Gasteiger partial charge in [-0.1, -0.05) is 11.6 Å². The number of carbonyl (C=O) groups excluding carboxylic acids is 1. The van der Waals surface area contributed by atoms with Gasteiger partial charge in [0.25, 0.3) is 0 Å². The zero-order valence-corrected chi connectivity index (χ0v) is 10.8. The van der Waals surface area contributed by atoms with Gasteiger partial charge in [-0.15, -0.1) is 0 Å². The first-order valence-corrected chi connectivity index (χ1v) is 6.17. The molecule has 4 heteroatoms. The molecule has 3 nitrogen and oxygen atoms in total. The molecule has 0 aliphatic heterocycles. The van der Waals surface area contributed by atoms with E-state index in [1.807, 2.05) is 6.92 Å². The maximum Gasteiger partial charge on any atom is 0.196 e. The smallest absolute Gasteiger partial charge is 0.196 e. The van der Waals surface area contributed by atoms with E-state index in [9.17, 15) is 9.18 Å². The summed E-state index contributed by atoms with van der Waals surface area (Å²) < 4.78 is 13.8. The summed E-state index contributed by atoms with van der Waals surface area (Å²) in [6, 6.07) is 9.48. The Hall–Kier alpha value is -2.62. The van der Waals surface area contributed by atoms with Crippen molar-refractivity contribution in [2.75, 3.05) is 0 Å². The van der Waals surface area contributed by atoms with Gasteiger partial charge in [0.05, 0.1) is 16.6 Å². The normalized spacial score (nSPS) is 10.7. The number of hydrogen-bond donors (Lipinski definition) is 0. The first-order valence-electron chi connectivity index (χ1n) is 6.17. The number of fused-ring (bicyclic) bond motifs is 1. The van der Waals surface area contributed by atoms with E-state index in [1.54, 1.807) is 42.7 Å². The largest absolute Gasteiger partial charge is 0.288 e. The van der Waals surface area contributed by atoms with Gasteiger partial charge in [-0.25, -0.2) is 4.39 Å². The molecular weight excluding hydrogens is 255 g/mol. The number of hydrogen-bond acceptors (Lipinski definition) is 3. The van der Waals surface area contributed by atoms with E-state index >= 15 is 0 Å². The topological polar surface area (TPSA) is 42.9 Å². The van der Waals surface area contributed by atoms with E-state index in [2.05, 4.69) is 9.97 Å². The number of nitrogens with zero attached hydrogens (tertiary/aromatic N) is 2. The fourth-order valence-corrected chi connectivity index (χ4v) is 2.07. The molecule has 3 rings (SSSR count). The second-order valence-corrected chi connectivity index (χ2v) is 4.57. The number of aryl methyl sites for hydroxylation is 1. The van der Waals surface area contributed by atoms with E-state index in [0.29, 0.717) is 16.6 Å². The summed E-state index contributed by atoms with van der Waals surface area (Å²) in [5.74, 6) is -0.862. The molecule has 98 valence electrons. The molecule has 0 atom stereocenters. The summed E-state index contributed by atoms with van der Waals surface area (Å²) in [6.07, 6.45) is 3.15. The van der Waals surface area contributed by atoms with Gasteiger partial charge in [-0.05, 0) is 37.3 Å². The van der Waals surface area contributed by atoms with E-state index < -0.39 is 5.82 Å². The lowest BCUT2D eigenvalue weighted by Gasteiger charge is -2.05. The van der Waals surface area contributed by atoms with Gasteiger partial charge in [-0.3, -0.25) is 14.8 Å². The molecule has 0 saturated carbocycles. The summed E-state index contributed by atoms with van der Waals surface area (Å²) in [6.45, 7) is 1.82. The minimum atomic E-state index is -0.514. The zero-order valence-electron chi connectivity index (χ0n) is 10.8. The van der Waals surface area contributed by atoms with Crippen molar-refractivity contribution in [3.8, 4) is 0 Å².